The highest BCUT2D eigenvalue weighted by atomic mass is 16.6. The Kier molecular flexibility index (Phi) is 11.7. The minimum Gasteiger partial charge on any atom is -0.463 e. The second-order valence-corrected chi connectivity index (χ2v) is 10.9. The van der Waals surface area contributed by atoms with E-state index in [4.69, 9.17) is 9.47 Å². The van der Waals surface area contributed by atoms with Crippen molar-refractivity contribution in [3.05, 3.63) is 83.9 Å². The molecule has 1 saturated heterocycles. The van der Waals surface area contributed by atoms with Gasteiger partial charge in [-0.25, -0.2) is 4.79 Å². The first-order valence-corrected chi connectivity index (χ1v) is 14.7. The van der Waals surface area contributed by atoms with E-state index in [9.17, 15) is 24.3 Å². The van der Waals surface area contributed by atoms with Gasteiger partial charge in [0.15, 0.2) is 6.04 Å². The third-order valence-electron chi connectivity index (χ3n) is 7.84. The summed E-state index contributed by atoms with van der Waals surface area (Å²) in [6, 6.07) is 17.3. The maximum atomic E-state index is 13.5. The zero-order chi connectivity index (χ0) is 29.7. The first kappa shape index (κ1) is 31.0. The summed E-state index contributed by atoms with van der Waals surface area (Å²) in [4.78, 5) is 54.6. The largest absolute Gasteiger partial charge is 0.463 e. The van der Waals surface area contributed by atoms with Gasteiger partial charge in [0.1, 0.15) is 13.2 Å². The number of benzene rings is 2. The van der Waals surface area contributed by atoms with Crippen LogP contribution in [0, 0.1) is 11.8 Å². The smallest absolute Gasteiger partial charge is 0.332 e. The molecule has 9 heteroatoms. The van der Waals surface area contributed by atoms with Crippen molar-refractivity contribution in [1.29, 1.82) is 0 Å². The van der Waals surface area contributed by atoms with Crippen LogP contribution in [0.4, 0.5) is 0 Å². The van der Waals surface area contributed by atoms with Crippen molar-refractivity contribution in [2.45, 2.75) is 63.6 Å². The van der Waals surface area contributed by atoms with E-state index in [-0.39, 0.29) is 38.2 Å². The van der Waals surface area contributed by atoms with Gasteiger partial charge >= 0.3 is 11.9 Å². The Morgan fingerprint density at radius 2 is 1.67 bits per heavy atom. The topological polar surface area (TPSA) is 122 Å². The van der Waals surface area contributed by atoms with E-state index in [0.29, 0.717) is 32.2 Å². The minimum absolute atomic E-state index is 0.00121. The van der Waals surface area contributed by atoms with Gasteiger partial charge in [-0.3, -0.25) is 14.4 Å². The molecule has 42 heavy (non-hydrogen) atoms. The molecule has 9 nitrogen and oxygen atoms in total. The molecule has 2 heterocycles. The lowest BCUT2D eigenvalue weighted by atomic mass is 9.94. The number of aliphatic hydroxyl groups is 1. The quantitative estimate of drug-likeness (QED) is 0.365. The molecule has 224 valence electrons. The summed E-state index contributed by atoms with van der Waals surface area (Å²) in [5, 5.41) is 12.4. The number of nitrogens with one attached hydrogen (secondary N) is 1. The Balaban J connectivity index is 1.51. The summed E-state index contributed by atoms with van der Waals surface area (Å²) in [6.45, 7) is 0.0455. The third kappa shape index (κ3) is 9.01. The van der Waals surface area contributed by atoms with Gasteiger partial charge in [0.05, 0.1) is 24.5 Å². The molecule has 0 radical (unpaired) electrons. The standard InChI is InChI=1S/C33H40N2O7/c36-21-28-17-10-18-35(28)30(37)20-26-15-8-3-9-16-27(19-24-11-4-1-5-12-24)32(39)42-23-29(34-31(26)38)33(40)41-22-25-13-6-2-7-14-25/h1-8,11-14,26-29,36H,9-10,15-23H2,(H,34,38). The van der Waals surface area contributed by atoms with Gasteiger partial charge in [0.2, 0.25) is 11.8 Å². The molecule has 2 aromatic rings. The number of allylic oxidation sites excluding steroid dienone is 2. The van der Waals surface area contributed by atoms with E-state index in [2.05, 4.69) is 5.32 Å². The average Bonchev–Trinajstić information content (AvgIpc) is 3.50. The second-order valence-electron chi connectivity index (χ2n) is 10.9. The summed E-state index contributed by atoms with van der Waals surface area (Å²) in [6.07, 6.45) is 7.15. The van der Waals surface area contributed by atoms with Gasteiger partial charge in [0.25, 0.3) is 0 Å². The van der Waals surface area contributed by atoms with Crippen molar-refractivity contribution in [3.8, 4) is 0 Å². The molecule has 2 amide bonds. The third-order valence-corrected chi connectivity index (χ3v) is 7.84. The summed E-state index contributed by atoms with van der Waals surface area (Å²) >= 11 is 0. The highest BCUT2D eigenvalue weighted by molar-refractivity contribution is 5.89. The van der Waals surface area contributed by atoms with Crippen LogP contribution in [-0.4, -0.2) is 65.6 Å². The Bertz CT molecular complexity index is 1220. The predicted molar refractivity (Wildman–Crippen MR) is 156 cm³/mol. The van der Waals surface area contributed by atoms with E-state index >= 15 is 0 Å². The van der Waals surface area contributed by atoms with E-state index in [1.54, 1.807) is 4.90 Å². The fourth-order valence-electron chi connectivity index (χ4n) is 5.41. The Morgan fingerprint density at radius 3 is 2.38 bits per heavy atom. The molecular formula is C33H40N2O7. The molecule has 4 unspecified atom stereocenters. The molecule has 4 rings (SSSR count). The SMILES string of the molecule is O=C1NC(C(=O)OCc2ccccc2)COC(=O)C(Cc2ccccc2)CCC=CCC1CC(=O)N1CCCC1CO. The number of hydrogen-bond donors (Lipinski definition) is 2. The number of carbonyl (C=O) groups excluding carboxylic acids is 4. The van der Waals surface area contributed by atoms with Gasteiger partial charge in [-0.05, 0) is 49.7 Å². The number of rotatable bonds is 8. The van der Waals surface area contributed by atoms with Crippen LogP contribution < -0.4 is 5.32 Å². The van der Waals surface area contributed by atoms with Crippen molar-refractivity contribution in [1.82, 2.24) is 10.2 Å². The lowest BCUT2D eigenvalue weighted by molar-refractivity contribution is -0.157. The number of nitrogens with zero attached hydrogens (tertiary/aromatic N) is 1. The van der Waals surface area contributed by atoms with E-state index in [1.807, 2.05) is 72.8 Å². The molecule has 1 fully saturated rings. The fraction of sp³-hybridized carbons (Fsp3) is 0.455. The molecule has 0 bridgehead atoms. The number of cyclic esters (lactones) is 1. The van der Waals surface area contributed by atoms with Crippen LogP contribution in [0.3, 0.4) is 0 Å². The lowest BCUT2D eigenvalue weighted by Gasteiger charge is -2.26. The Labute approximate surface area is 246 Å². The van der Waals surface area contributed by atoms with Crippen LogP contribution in [0.1, 0.15) is 49.7 Å². The Hall–Kier alpha value is -3.98. The number of hydrogen-bond acceptors (Lipinski definition) is 7. The van der Waals surface area contributed by atoms with Gasteiger partial charge in [0, 0.05) is 13.0 Å². The molecule has 0 saturated carbocycles. The molecule has 2 aromatic carbocycles. The van der Waals surface area contributed by atoms with Crippen molar-refractivity contribution < 1.29 is 33.8 Å². The maximum absolute atomic E-state index is 13.5. The van der Waals surface area contributed by atoms with Crippen molar-refractivity contribution in [2.24, 2.45) is 11.8 Å². The van der Waals surface area contributed by atoms with Crippen molar-refractivity contribution in [3.63, 3.8) is 0 Å². The maximum Gasteiger partial charge on any atom is 0.332 e. The van der Waals surface area contributed by atoms with Crippen LogP contribution >= 0.6 is 0 Å². The number of amides is 2. The molecule has 0 aromatic heterocycles. The number of aliphatic hydroxyl groups excluding tert-OH is 1. The molecule has 2 aliphatic rings. The number of ether oxygens (including phenoxy) is 2. The first-order chi connectivity index (χ1) is 20.4. The van der Waals surface area contributed by atoms with Crippen molar-refractivity contribution in [2.75, 3.05) is 19.8 Å². The molecule has 2 N–H and O–H groups in total. The monoisotopic (exact) mass is 576 g/mol. The molecule has 2 aliphatic heterocycles. The number of likely N-dealkylation sites (tertiary alicyclic amines) is 1. The molecular weight excluding hydrogens is 536 g/mol. The fourth-order valence-corrected chi connectivity index (χ4v) is 5.41. The number of carbonyl (C=O) groups is 4. The van der Waals surface area contributed by atoms with Gasteiger partial charge < -0.3 is 24.8 Å². The highest BCUT2D eigenvalue weighted by Gasteiger charge is 2.34. The average molecular weight is 577 g/mol. The zero-order valence-corrected chi connectivity index (χ0v) is 23.9. The molecule has 0 spiro atoms. The van der Waals surface area contributed by atoms with Gasteiger partial charge in [-0.15, -0.1) is 0 Å². The van der Waals surface area contributed by atoms with E-state index in [0.717, 1.165) is 24.0 Å². The summed E-state index contributed by atoms with van der Waals surface area (Å²) in [7, 11) is 0. The van der Waals surface area contributed by atoms with Crippen molar-refractivity contribution >= 4 is 23.8 Å². The van der Waals surface area contributed by atoms with Gasteiger partial charge in [-0.1, -0.05) is 72.8 Å². The van der Waals surface area contributed by atoms with Crippen LogP contribution in [-0.2, 0) is 41.7 Å². The number of esters is 2. The summed E-state index contributed by atoms with van der Waals surface area (Å²) < 4.78 is 11.1. The van der Waals surface area contributed by atoms with Gasteiger partial charge in [-0.2, -0.15) is 0 Å². The zero-order valence-electron chi connectivity index (χ0n) is 23.9. The Morgan fingerprint density at radius 1 is 0.952 bits per heavy atom. The summed E-state index contributed by atoms with van der Waals surface area (Å²) in [5.74, 6) is -3.05. The van der Waals surface area contributed by atoms with E-state index < -0.39 is 35.7 Å². The highest BCUT2D eigenvalue weighted by Crippen LogP contribution is 2.22. The van der Waals surface area contributed by atoms with Crippen LogP contribution in [0.15, 0.2) is 72.8 Å². The lowest BCUT2D eigenvalue weighted by Crippen LogP contribution is -2.48. The van der Waals surface area contributed by atoms with Crippen LogP contribution in [0.25, 0.3) is 0 Å². The second kappa shape index (κ2) is 15.9. The normalized spacial score (nSPS) is 23.6. The van der Waals surface area contributed by atoms with Crippen LogP contribution in [0.5, 0.6) is 0 Å². The molecule has 4 atom stereocenters. The molecule has 0 aliphatic carbocycles. The van der Waals surface area contributed by atoms with E-state index in [1.165, 1.54) is 0 Å². The van der Waals surface area contributed by atoms with Crippen LogP contribution in [0.2, 0.25) is 0 Å². The predicted octanol–water partition coefficient (Wildman–Crippen LogP) is 3.35. The summed E-state index contributed by atoms with van der Waals surface area (Å²) in [5.41, 5.74) is 1.78. The first-order valence-electron chi connectivity index (χ1n) is 14.7. The minimum atomic E-state index is -1.23.